The molecule has 0 atom stereocenters. The van der Waals surface area contributed by atoms with Gasteiger partial charge in [0.1, 0.15) is 11.5 Å². The predicted octanol–water partition coefficient (Wildman–Crippen LogP) is 2.28. The standard InChI is InChI=1S/C13H17NO2.ClH/c1-16-13-5-3-2-4-11(13)10-14-8-6-12(15)7-9-14;/h2-5H,6-10H2,1H3;1H. The minimum atomic E-state index is 0. The highest BCUT2D eigenvalue weighted by Crippen LogP contribution is 2.20. The number of hydrogen-bond acceptors (Lipinski definition) is 3. The largest absolute Gasteiger partial charge is 0.496 e. The zero-order valence-corrected chi connectivity index (χ0v) is 10.8. The van der Waals surface area contributed by atoms with Crippen LogP contribution in [-0.4, -0.2) is 30.9 Å². The Hall–Kier alpha value is -1.06. The van der Waals surface area contributed by atoms with E-state index in [4.69, 9.17) is 4.74 Å². The van der Waals surface area contributed by atoms with E-state index in [9.17, 15) is 4.79 Å². The molecule has 0 radical (unpaired) electrons. The number of carbonyl (C=O) groups is 1. The van der Waals surface area contributed by atoms with Crippen LogP contribution in [0.1, 0.15) is 18.4 Å². The van der Waals surface area contributed by atoms with Gasteiger partial charge in [-0.1, -0.05) is 18.2 Å². The fourth-order valence-corrected chi connectivity index (χ4v) is 2.04. The lowest BCUT2D eigenvalue weighted by atomic mass is 10.1. The molecule has 94 valence electrons. The van der Waals surface area contributed by atoms with Gasteiger partial charge in [0.25, 0.3) is 0 Å². The topological polar surface area (TPSA) is 29.5 Å². The third kappa shape index (κ3) is 3.72. The molecule has 1 aromatic rings. The molecule has 17 heavy (non-hydrogen) atoms. The summed E-state index contributed by atoms with van der Waals surface area (Å²) >= 11 is 0. The molecule has 2 rings (SSSR count). The van der Waals surface area contributed by atoms with Gasteiger partial charge in [0, 0.05) is 38.0 Å². The Balaban J connectivity index is 0.00000144. The number of Topliss-reactive ketones (excluding diaryl/α,β-unsaturated/α-hetero) is 1. The van der Waals surface area contributed by atoms with Crippen molar-refractivity contribution in [1.29, 1.82) is 0 Å². The van der Waals surface area contributed by atoms with Crippen molar-refractivity contribution in [3.63, 3.8) is 0 Å². The SMILES string of the molecule is COc1ccccc1CN1CCC(=O)CC1.Cl. The van der Waals surface area contributed by atoms with E-state index in [-0.39, 0.29) is 12.4 Å². The second-order valence-electron chi connectivity index (χ2n) is 4.13. The second kappa shape index (κ2) is 6.62. The molecule has 1 saturated heterocycles. The number of ether oxygens (including phenoxy) is 1. The summed E-state index contributed by atoms with van der Waals surface area (Å²) in [5, 5.41) is 0. The van der Waals surface area contributed by atoms with Crippen LogP contribution >= 0.6 is 12.4 Å². The minimum absolute atomic E-state index is 0. The fraction of sp³-hybridized carbons (Fsp3) is 0.462. The molecule has 0 unspecified atom stereocenters. The number of piperidine rings is 1. The first kappa shape index (κ1) is 14.0. The van der Waals surface area contributed by atoms with E-state index in [0.717, 1.165) is 25.4 Å². The quantitative estimate of drug-likeness (QED) is 0.830. The highest BCUT2D eigenvalue weighted by Gasteiger charge is 2.17. The maximum Gasteiger partial charge on any atom is 0.135 e. The molecule has 0 aromatic heterocycles. The van der Waals surface area contributed by atoms with Gasteiger partial charge in [-0.15, -0.1) is 12.4 Å². The van der Waals surface area contributed by atoms with Crippen molar-refractivity contribution in [2.45, 2.75) is 19.4 Å². The van der Waals surface area contributed by atoms with Crippen LogP contribution in [0.15, 0.2) is 24.3 Å². The second-order valence-corrected chi connectivity index (χ2v) is 4.13. The van der Waals surface area contributed by atoms with Crippen LogP contribution in [0, 0.1) is 0 Å². The number of carbonyl (C=O) groups excluding carboxylic acids is 1. The van der Waals surface area contributed by atoms with Crippen LogP contribution in [0.4, 0.5) is 0 Å². The van der Waals surface area contributed by atoms with Crippen molar-refractivity contribution >= 4 is 18.2 Å². The summed E-state index contributed by atoms with van der Waals surface area (Å²) in [7, 11) is 1.69. The highest BCUT2D eigenvalue weighted by atomic mass is 35.5. The van der Waals surface area contributed by atoms with Gasteiger partial charge in [-0.25, -0.2) is 0 Å². The molecular formula is C13H18ClNO2. The normalized spacial score (nSPS) is 16.4. The number of nitrogens with zero attached hydrogens (tertiary/aromatic N) is 1. The smallest absolute Gasteiger partial charge is 0.135 e. The third-order valence-electron chi connectivity index (χ3n) is 3.00. The Morgan fingerprint density at radius 1 is 1.24 bits per heavy atom. The van der Waals surface area contributed by atoms with Gasteiger partial charge in [0.2, 0.25) is 0 Å². The molecule has 1 fully saturated rings. The average Bonchev–Trinajstić information content (AvgIpc) is 2.33. The van der Waals surface area contributed by atoms with Gasteiger partial charge in [-0.3, -0.25) is 9.69 Å². The van der Waals surface area contributed by atoms with Crippen molar-refractivity contribution < 1.29 is 9.53 Å². The minimum Gasteiger partial charge on any atom is -0.496 e. The van der Waals surface area contributed by atoms with Gasteiger partial charge in [0.05, 0.1) is 7.11 Å². The van der Waals surface area contributed by atoms with Crippen molar-refractivity contribution in [3.8, 4) is 5.75 Å². The molecule has 4 heteroatoms. The molecule has 0 N–H and O–H groups in total. The zero-order chi connectivity index (χ0) is 11.4. The predicted molar refractivity (Wildman–Crippen MR) is 69.8 cm³/mol. The Morgan fingerprint density at radius 3 is 2.53 bits per heavy atom. The van der Waals surface area contributed by atoms with E-state index in [1.54, 1.807) is 7.11 Å². The Morgan fingerprint density at radius 2 is 1.88 bits per heavy atom. The lowest BCUT2D eigenvalue weighted by molar-refractivity contribution is -0.121. The maximum atomic E-state index is 11.1. The van der Waals surface area contributed by atoms with E-state index < -0.39 is 0 Å². The molecule has 3 nitrogen and oxygen atoms in total. The highest BCUT2D eigenvalue weighted by molar-refractivity contribution is 5.85. The van der Waals surface area contributed by atoms with Crippen LogP contribution in [0.3, 0.4) is 0 Å². The number of ketones is 1. The summed E-state index contributed by atoms with van der Waals surface area (Å²) in [5.74, 6) is 1.32. The van der Waals surface area contributed by atoms with Crippen LogP contribution in [-0.2, 0) is 11.3 Å². The van der Waals surface area contributed by atoms with Gasteiger partial charge in [0.15, 0.2) is 0 Å². The Bertz CT molecular complexity index is 371. The van der Waals surface area contributed by atoms with Gasteiger partial charge in [-0.05, 0) is 6.07 Å². The van der Waals surface area contributed by atoms with E-state index >= 15 is 0 Å². The molecule has 1 heterocycles. The van der Waals surface area contributed by atoms with Crippen LogP contribution in [0.25, 0.3) is 0 Å². The van der Waals surface area contributed by atoms with E-state index in [2.05, 4.69) is 11.0 Å². The van der Waals surface area contributed by atoms with Crippen LogP contribution in [0.5, 0.6) is 5.75 Å². The molecule has 1 aliphatic heterocycles. The Kier molecular flexibility index (Phi) is 5.45. The monoisotopic (exact) mass is 255 g/mol. The lowest BCUT2D eigenvalue weighted by Crippen LogP contribution is -2.33. The first-order valence-corrected chi connectivity index (χ1v) is 5.65. The van der Waals surface area contributed by atoms with Crippen molar-refractivity contribution in [2.75, 3.05) is 20.2 Å². The molecule has 1 aromatic carbocycles. The van der Waals surface area contributed by atoms with E-state index in [0.29, 0.717) is 18.6 Å². The summed E-state index contributed by atoms with van der Waals surface area (Å²) in [5.41, 5.74) is 1.19. The summed E-state index contributed by atoms with van der Waals surface area (Å²) < 4.78 is 5.31. The summed E-state index contributed by atoms with van der Waals surface area (Å²) in [6.07, 6.45) is 1.38. The zero-order valence-electron chi connectivity index (χ0n) is 10.0. The summed E-state index contributed by atoms with van der Waals surface area (Å²) in [6.45, 7) is 2.62. The van der Waals surface area contributed by atoms with Crippen molar-refractivity contribution in [3.05, 3.63) is 29.8 Å². The molecule has 0 amide bonds. The molecule has 1 aliphatic rings. The Labute approximate surface area is 108 Å². The fourth-order valence-electron chi connectivity index (χ4n) is 2.04. The van der Waals surface area contributed by atoms with Gasteiger partial charge < -0.3 is 4.74 Å². The maximum absolute atomic E-state index is 11.1. The first-order valence-electron chi connectivity index (χ1n) is 5.65. The molecule has 0 aliphatic carbocycles. The van der Waals surface area contributed by atoms with E-state index in [1.807, 2.05) is 18.2 Å². The molecular weight excluding hydrogens is 238 g/mol. The number of benzene rings is 1. The average molecular weight is 256 g/mol. The number of hydrogen-bond donors (Lipinski definition) is 0. The third-order valence-corrected chi connectivity index (χ3v) is 3.00. The summed E-state index contributed by atoms with van der Waals surface area (Å²) in [4.78, 5) is 13.4. The number of methoxy groups -OCH3 is 1. The molecule has 0 bridgehead atoms. The number of rotatable bonds is 3. The van der Waals surface area contributed by atoms with Crippen molar-refractivity contribution in [2.24, 2.45) is 0 Å². The number of halogens is 1. The van der Waals surface area contributed by atoms with Crippen LogP contribution in [0.2, 0.25) is 0 Å². The first-order chi connectivity index (χ1) is 7.79. The lowest BCUT2D eigenvalue weighted by Gasteiger charge is -2.26. The molecule has 0 spiro atoms. The van der Waals surface area contributed by atoms with Crippen molar-refractivity contribution in [1.82, 2.24) is 4.90 Å². The number of para-hydroxylation sites is 1. The number of likely N-dealkylation sites (tertiary alicyclic amines) is 1. The molecule has 0 saturated carbocycles. The van der Waals surface area contributed by atoms with E-state index in [1.165, 1.54) is 5.56 Å². The van der Waals surface area contributed by atoms with Gasteiger partial charge in [-0.2, -0.15) is 0 Å². The van der Waals surface area contributed by atoms with Gasteiger partial charge >= 0.3 is 0 Å². The summed E-state index contributed by atoms with van der Waals surface area (Å²) in [6, 6.07) is 8.05. The van der Waals surface area contributed by atoms with Crippen LogP contribution < -0.4 is 4.74 Å².